The van der Waals surface area contributed by atoms with Crippen LogP contribution in [-0.2, 0) is 5.54 Å². The highest BCUT2D eigenvalue weighted by atomic mass is 19.1. The number of nitrogens with zero attached hydrogens (tertiary/aromatic N) is 4. The first-order chi connectivity index (χ1) is 14.1. The number of carbonyl (C=O) groups excluding carboxylic acids is 1. The molecule has 0 radical (unpaired) electrons. The zero-order chi connectivity index (χ0) is 19.8. The number of hydrogen-bond donors (Lipinski definition) is 1. The minimum atomic E-state index is -0.312. The molecule has 3 unspecified atom stereocenters. The molecule has 8 heteroatoms. The number of benzene rings is 1. The lowest BCUT2D eigenvalue weighted by atomic mass is 10.0. The Labute approximate surface area is 166 Å². The van der Waals surface area contributed by atoms with Crippen LogP contribution in [0.25, 0.3) is 5.65 Å². The van der Waals surface area contributed by atoms with Gasteiger partial charge in [0, 0.05) is 12.1 Å². The van der Waals surface area contributed by atoms with Crippen LogP contribution in [-0.4, -0.2) is 39.7 Å². The number of piperidine rings is 1. The van der Waals surface area contributed by atoms with Gasteiger partial charge in [-0.15, -0.1) is 5.10 Å². The Bertz CT molecular complexity index is 1160. The van der Waals surface area contributed by atoms with Crippen LogP contribution in [0, 0.1) is 11.7 Å². The third-order valence-electron chi connectivity index (χ3n) is 6.39. The number of halogens is 1. The zero-order valence-electron chi connectivity index (χ0n) is 15.9. The molecule has 7 nitrogen and oxygen atoms in total. The minimum Gasteiger partial charge on any atom is -0.491 e. The van der Waals surface area contributed by atoms with E-state index in [0.717, 1.165) is 30.8 Å². The van der Waals surface area contributed by atoms with Crippen molar-refractivity contribution in [3.63, 3.8) is 0 Å². The number of aromatic nitrogens is 3. The zero-order valence-corrected chi connectivity index (χ0v) is 15.9. The highest BCUT2D eigenvalue weighted by Gasteiger charge is 2.64. The van der Waals surface area contributed by atoms with Gasteiger partial charge in [-0.3, -0.25) is 4.79 Å². The van der Waals surface area contributed by atoms with E-state index in [1.807, 2.05) is 19.1 Å². The Hall–Kier alpha value is -3.16. The first-order valence-corrected chi connectivity index (χ1v) is 9.92. The summed E-state index contributed by atoms with van der Waals surface area (Å²) in [5, 5.41) is 7.68. The van der Waals surface area contributed by atoms with Crippen molar-refractivity contribution in [1.82, 2.24) is 19.9 Å². The van der Waals surface area contributed by atoms with Crippen LogP contribution in [0.1, 0.15) is 35.8 Å². The average Bonchev–Trinajstić information content (AvgIpc) is 3.09. The fraction of sp³-hybridized carbons (Fsp3) is 0.381. The summed E-state index contributed by atoms with van der Waals surface area (Å²) in [6, 6.07) is 8.28. The fourth-order valence-electron chi connectivity index (χ4n) is 4.95. The molecule has 3 aromatic rings. The van der Waals surface area contributed by atoms with Crippen molar-refractivity contribution >= 4 is 17.4 Å². The van der Waals surface area contributed by atoms with E-state index in [0.29, 0.717) is 23.0 Å². The molecule has 1 aliphatic carbocycles. The van der Waals surface area contributed by atoms with E-state index in [-0.39, 0.29) is 29.9 Å². The molecular formula is C21H20FN5O2. The Morgan fingerprint density at radius 1 is 1.31 bits per heavy atom. The minimum absolute atomic E-state index is 0.234. The standard InChI is InChI=1S/C21H20FN5O2/c1-12-11-29-17-3-2-14(22)8-15(17)21-9-13(21)6-7-26(21)19-5-4-18-23-10-16(20(28)24-12)27(18)25-19/h2-5,8,10,12-13H,6-7,9,11H2,1H3,(H,24,28). The van der Waals surface area contributed by atoms with Gasteiger partial charge in [-0.1, -0.05) is 0 Å². The summed E-state index contributed by atoms with van der Waals surface area (Å²) in [6.07, 6.45) is 3.50. The average molecular weight is 393 g/mol. The molecule has 2 fully saturated rings. The number of ether oxygens (including phenoxy) is 1. The summed E-state index contributed by atoms with van der Waals surface area (Å²) in [5.74, 6) is 1.34. The van der Waals surface area contributed by atoms with E-state index in [2.05, 4.69) is 15.2 Å². The van der Waals surface area contributed by atoms with Crippen molar-refractivity contribution in [1.29, 1.82) is 0 Å². The van der Waals surface area contributed by atoms with Gasteiger partial charge in [-0.25, -0.2) is 13.9 Å². The highest BCUT2D eigenvalue weighted by Crippen LogP contribution is 2.64. The van der Waals surface area contributed by atoms with Gasteiger partial charge in [0.05, 0.1) is 17.8 Å². The summed E-state index contributed by atoms with van der Waals surface area (Å²) in [5.41, 5.74) is 1.56. The maximum Gasteiger partial charge on any atom is 0.271 e. The number of anilines is 1. The highest BCUT2D eigenvalue weighted by molar-refractivity contribution is 5.93. The Balaban J connectivity index is 1.57. The number of carbonyl (C=O) groups is 1. The maximum atomic E-state index is 14.3. The van der Waals surface area contributed by atoms with Gasteiger partial charge >= 0.3 is 0 Å². The second kappa shape index (κ2) is 5.68. The van der Waals surface area contributed by atoms with E-state index < -0.39 is 0 Å². The number of rotatable bonds is 0. The van der Waals surface area contributed by atoms with Crippen LogP contribution in [0.15, 0.2) is 36.5 Å². The molecule has 1 saturated heterocycles. The van der Waals surface area contributed by atoms with Crippen LogP contribution >= 0.6 is 0 Å². The van der Waals surface area contributed by atoms with E-state index >= 15 is 0 Å². The summed E-state index contributed by atoms with van der Waals surface area (Å²) < 4.78 is 21.9. The lowest BCUT2D eigenvalue weighted by Crippen LogP contribution is -2.37. The van der Waals surface area contributed by atoms with Gasteiger partial charge in [-0.2, -0.15) is 0 Å². The number of amides is 1. The molecule has 2 aromatic heterocycles. The first kappa shape index (κ1) is 16.8. The fourth-order valence-corrected chi connectivity index (χ4v) is 4.95. The Morgan fingerprint density at radius 3 is 3.07 bits per heavy atom. The number of fused-ring (bicyclic) bond motifs is 3. The SMILES string of the molecule is CC1COc2ccc(F)cc2C23CC2CCN3c2ccc3ncc(n3n2)C(=O)N1. The van der Waals surface area contributed by atoms with Gasteiger partial charge in [0.25, 0.3) is 5.91 Å². The first-order valence-electron chi connectivity index (χ1n) is 9.92. The molecule has 29 heavy (non-hydrogen) atoms. The monoisotopic (exact) mass is 393 g/mol. The van der Waals surface area contributed by atoms with Gasteiger partial charge in [0.1, 0.15) is 24.0 Å². The largest absolute Gasteiger partial charge is 0.491 e. The summed E-state index contributed by atoms with van der Waals surface area (Å²) >= 11 is 0. The van der Waals surface area contributed by atoms with E-state index in [9.17, 15) is 9.18 Å². The molecule has 2 bridgehead atoms. The quantitative estimate of drug-likeness (QED) is 0.636. The molecule has 1 N–H and O–H groups in total. The summed E-state index contributed by atoms with van der Waals surface area (Å²) in [4.78, 5) is 19.3. The predicted octanol–water partition coefficient (Wildman–Crippen LogP) is 2.50. The normalized spacial score (nSPS) is 27.8. The van der Waals surface area contributed by atoms with Gasteiger partial charge < -0.3 is 15.0 Å². The maximum absolute atomic E-state index is 14.3. The third kappa shape index (κ3) is 2.31. The molecule has 1 aromatic carbocycles. The number of hydrogen-bond acceptors (Lipinski definition) is 5. The summed E-state index contributed by atoms with van der Waals surface area (Å²) in [6.45, 7) is 2.99. The van der Waals surface area contributed by atoms with Gasteiger partial charge in [0.2, 0.25) is 0 Å². The molecular weight excluding hydrogens is 373 g/mol. The Kier molecular flexibility index (Phi) is 3.29. The van der Waals surface area contributed by atoms with Crippen LogP contribution in [0.2, 0.25) is 0 Å². The van der Waals surface area contributed by atoms with E-state index in [1.54, 1.807) is 22.8 Å². The number of nitrogens with one attached hydrogen (secondary N) is 1. The lowest BCUT2D eigenvalue weighted by molar-refractivity contribution is 0.0919. The molecule has 1 saturated carbocycles. The van der Waals surface area contributed by atoms with E-state index in [4.69, 9.17) is 9.84 Å². The van der Waals surface area contributed by atoms with Crippen molar-refractivity contribution in [3.05, 3.63) is 53.6 Å². The van der Waals surface area contributed by atoms with Gasteiger partial charge in [0.15, 0.2) is 11.3 Å². The lowest BCUT2D eigenvalue weighted by Gasteiger charge is -2.31. The second-order valence-corrected chi connectivity index (χ2v) is 8.20. The van der Waals surface area contributed by atoms with Gasteiger partial charge in [-0.05, 0) is 56.0 Å². The molecule has 1 amide bonds. The second-order valence-electron chi connectivity index (χ2n) is 8.20. The van der Waals surface area contributed by atoms with Crippen molar-refractivity contribution in [2.75, 3.05) is 18.1 Å². The van der Waals surface area contributed by atoms with E-state index in [1.165, 1.54) is 6.07 Å². The molecule has 3 atom stereocenters. The molecule has 1 spiro atoms. The van der Waals surface area contributed by atoms with Crippen molar-refractivity contribution in [2.24, 2.45) is 5.92 Å². The predicted molar refractivity (Wildman–Crippen MR) is 104 cm³/mol. The molecule has 3 aliphatic rings. The number of imidazole rings is 1. The smallest absolute Gasteiger partial charge is 0.271 e. The molecule has 2 aliphatic heterocycles. The van der Waals surface area contributed by atoms with Crippen molar-refractivity contribution in [2.45, 2.75) is 31.3 Å². The topological polar surface area (TPSA) is 71.8 Å². The summed E-state index contributed by atoms with van der Waals surface area (Å²) in [7, 11) is 0. The van der Waals surface area contributed by atoms with Crippen LogP contribution < -0.4 is 15.0 Å². The molecule has 4 heterocycles. The molecule has 148 valence electrons. The van der Waals surface area contributed by atoms with Crippen LogP contribution in [0.5, 0.6) is 5.75 Å². The van der Waals surface area contributed by atoms with Crippen LogP contribution in [0.3, 0.4) is 0 Å². The van der Waals surface area contributed by atoms with Crippen LogP contribution in [0.4, 0.5) is 10.2 Å². The molecule has 6 rings (SSSR count). The third-order valence-corrected chi connectivity index (χ3v) is 6.39. The van der Waals surface area contributed by atoms with Crippen molar-refractivity contribution < 1.29 is 13.9 Å². The van der Waals surface area contributed by atoms with Crippen molar-refractivity contribution in [3.8, 4) is 5.75 Å². The Morgan fingerprint density at radius 2 is 2.21 bits per heavy atom.